The molecular weight excluding hydrogens is 730 g/mol. The van der Waals surface area contributed by atoms with Crippen molar-refractivity contribution in [3.63, 3.8) is 0 Å². The van der Waals surface area contributed by atoms with Crippen molar-refractivity contribution in [1.82, 2.24) is 9.88 Å². The summed E-state index contributed by atoms with van der Waals surface area (Å²) in [6, 6.07) is 9.50. The SMILES string of the molecule is CC[C@H]1OC(=O)C(C)C(=O)[C@@H](C)[C@@H](O[C@@H]2O[C@H](C)C[C@H](N(C)C)[C@H]2O)[C@]2(C)C[C@@H](C)C(=NC(C)=O)[C@H](C)[C@@H](OCC(c3cnc4ccccc4c3)/C=C/O2)[C@]1(C)O. The lowest BCUT2D eigenvalue weighted by Crippen LogP contribution is -2.60. The Bertz CT molecular complexity index is 1810. The molecule has 2 fully saturated rings. The van der Waals surface area contributed by atoms with Crippen LogP contribution in [0.1, 0.15) is 93.1 Å². The number of Topliss-reactive ketones (excluding diaryl/α,β-unsaturated/α-hetero) is 1. The number of ether oxygens (including phenoxy) is 5. The van der Waals surface area contributed by atoms with Crippen LogP contribution in [0.5, 0.6) is 0 Å². The molecule has 2 unspecified atom stereocenters. The summed E-state index contributed by atoms with van der Waals surface area (Å²) in [5.74, 6) is -5.60. The van der Waals surface area contributed by atoms with Gasteiger partial charge in [0.25, 0.3) is 0 Å². The van der Waals surface area contributed by atoms with Gasteiger partial charge in [0.15, 0.2) is 12.1 Å². The number of carbonyl (C=O) groups is 3. The molecule has 314 valence electrons. The van der Waals surface area contributed by atoms with E-state index in [1.165, 1.54) is 13.8 Å². The highest BCUT2D eigenvalue weighted by atomic mass is 16.7. The van der Waals surface area contributed by atoms with Crippen LogP contribution in [-0.4, -0.2) is 118 Å². The molecule has 3 aliphatic rings. The smallest absolute Gasteiger partial charge is 0.316 e. The van der Waals surface area contributed by atoms with E-state index < -0.39 is 89.2 Å². The molecule has 57 heavy (non-hydrogen) atoms. The molecule has 0 saturated carbocycles. The summed E-state index contributed by atoms with van der Waals surface area (Å²) in [5, 5.41) is 25.1. The average Bonchev–Trinajstić information content (AvgIpc) is 3.16. The van der Waals surface area contributed by atoms with Crippen molar-refractivity contribution in [3.05, 3.63) is 54.4 Å². The molecule has 13 heteroatoms. The summed E-state index contributed by atoms with van der Waals surface area (Å²) in [5.41, 5.74) is -1.08. The number of aliphatic hydroxyl groups excluding tert-OH is 1. The Morgan fingerprint density at radius 3 is 2.46 bits per heavy atom. The third kappa shape index (κ3) is 9.66. The van der Waals surface area contributed by atoms with E-state index in [4.69, 9.17) is 28.7 Å². The van der Waals surface area contributed by atoms with Crippen molar-refractivity contribution < 1.29 is 48.3 Å². The lowest BCUT2D eigenvalue weighted by atomic mass is 9.73. The van der Waals surface area contributed by atoms with Gasteiger partial charge in [0.2, 0.25) is 5.91 Å². The first kappa shape index (κ1) is 44.5. The van der Waals surface area contributed by atoms with E-state index in [9.17, 15) is 24.6 Å². The van der Waals surface area contributed by atoms with Gasteiger partial charge in [-0.15, -0.1) is 0 Å². The van der Waals surface area contributed by atoms with Crippen LogP contribution in [0.4, 0.5) is 0 Å². The van der Waals surface area contributed by atoms with Gasteiger partial charge in [-0.2, -0.15) is 0 Å². The lowest BCUT2D eigenvalue weighted by Gasteiger charge is -2.47. The number of cyclic esters (lactones) is 1. The fourth-order valence-corrected chi connectivity index (χ4v) is 9.10. The van der Waals surface area contributed by atoms with Crippen LogP contribution >= 0.6 is 0 Å². The van der Waals surface area contributed by atoms with E-state index in [-0.39, 0.29) is 31.6 Å². The third-order valence-corrected chi connectivity index (χ3v) is 12.3. The molecule has 1 aromatic heterocycles. The Morgan fingerprint density at radius 2 is 1.79 bits per heavy atom. The van der Waals surface area contributed by atoms with Gasteiger partial charge in [-0.05, 0) is 90.7 Å². The van der Waals surface area contributed by atoms with Crippen LogP contribution in [0.2, 0.25) is 0 Å². The Balaban J connectivity index is 1.75. The fraction of sp³-hybridized carbons (Fsp3) is 0.659. The summed E-state index contributed by atoms with van der Waals surface area (Å²) in [6.45, 7) is 15.4. The maximum atomic E-state index is 14.5. The van der Waals surface area contributed by atoms with Crippen LogP contribution < -0.4 is 0 Å². The van der Waals surface area contributed by atoms with Gasteiger partial charge in [0, 0.05) is 48.0 Å². The third-order valence-electron chi connectivity index (χ3n) is 12.3. The monoisotopic (exact) mass is 793 g/mol. The van der Waals surface area contributed by atoms with Gasteiger partial charge in [0.05, 0.1) is 30.6 Å². The molecule has 2 bridgehead atoms. The predicted molar refractivity (Wildman–Crippen MR) is 215 cm³/mol. The van der Waals surface area contributed by atoms with Gasteiger partial charge in [-0.25, -0.2) is 4.99 Å². The first-order valence-electron chi connectivity index (χ1n) is 20.3. The quantitative estimate of drug-likeness (QED) is 0.293. The maximum Gasteiger partial charge on any atom is 0.316 e. The first-order chi connectivity index (χ1) is 26.8. The minimum atomic E-state index is -1.81. The molecule has 4 heterocycles. The average molecular weight is 794 g/mol. The van der Waals surface area contributed by atoms with Gasteiger partial charge in [-0.1, -0.05) is 45.9 Å². The van der Waals surface area contributed by atoms with Crippen molar-refractivity contribution in [2.24, 2.45) is 28.7 Å². The number of fused-ring (bicyclic) bond motifs is 6. The van der Waals surface area contributed by atoms with Crippen molar-refractivity contribution in [3.8, 4) is 0 Å². The van der Waals surface area contributed by atoms with Crippen molar-refractivity contribution >= 4 is 34.3 Å². The van der Waals surface area contributed by atoms with E-state index in [1.807, 2.05) is 83.1 Å². The van der Waals surface area contributed by atoms with Crippen LogP contribution in [0.25, 0.3) is 10.9 Å². The minimum Gasteiger partial charge on any atom is -0.493 e. The zero-order valence-electron chi connectivity index (χ0n) is 35.4. The molecule has 1 amide bonds. The zero-order valence-corrected chi connectivity index (χ0v) is 35.4. The van der Waals surface area contributed by atoms with E-state index in [0.717, 1.165) is 16.5 Å². The predicted octanol–water partition coefficient (Wildman–Crippen LogP) is 5.39. The normalized spacial score (nSPS) is 40.0. The number of amides is 1. The van der Waals surface area contributed by atoms with Gasteiger partial charge in [-0.3, -0.25) is 19.4 Å². The van der Waals surface area contributed by atoms with E-state index >= 15 is 0 Å². The summed E-state index contributed by atoms with van der Waals surface area (Å²) < 4.78 is 32.7. The molecule has 1 aromatic carbocycles. The molecule has 0 spiro atoms. The number of hydrogen-bond acceptors (Lipinski definition) is 12. The molecular formula is C44H63N3O10. The number of esters is 1. The number of aromatic nitrogens is 1. The van der Waals surface area contributed by atoms with E-state index in [2.05, 4.69) is 4.99 Å². The standard InChI is InChI=1S/C44H63N3O10/c1-12-35-44(9,52)40-26(4)36(46-29(7)48)24(2)21-43(8,54-18-17-31(23-53-40)32-20-30-15-13-14-16-33(30)45-22-32)39(27(5)37(49)28(6)41(51)56-35)57-42-38(50)34(47(10)11)19-25(3)55-42/h13-18,20,22,24-28,31,34-35,38-40,42,50,52H,12,19,21,23H2,1-11H3/b18-17+,46-36?/t24-,25-,26+,27-,28?,31?,34+,35-,38-,39-,40-,42+,43+,44-/m1/s1. The maximum absolute atomic E-state index is 14.5. The molecule has 2 aromatic rings. The second-order valence-corrected chi connectivity index (χ2v) is 17.1. The molecule has 5 rings (SSSR count). The molecule has 2 saturated heterocycles. The number of aliphatic imine (C=N–C) groups is 1. The van der Waals surface area contributed by atoms with E-state index in [1.54, 1.807) is 33.2 Å². The number of hydrogen-bond donors (Lipinski definition) is 2. The fourth-order valence-electron chi connectivity index (χ4n) is 9.10. The Labute approximate surface area is 337 Å². The zero-order chi connectivity index (χ0) is 42.0. The van der Waals surface area contributed by atoms with Gasteiger partial charge < -0.3 is 38.8 Å². The largest absolute Gasteiger partial charge is 0.493 e. The number of para-hydroxylation sites is 1. The second-order valence-electron chi connectivity index (χ2n) is 17.1. The first-order valence-corrected chi connectivity index (χ1v) is 20.3. The second kappa shape index (κ2) is 18.1. The number of likely N-dealkylation sites (N-methyl/N-ethyl adjacent to an activating group) is 1. The summed E-state index contributed by atoms with van der Waals surface area (Å²) >= 11 is 0. The molecule has 0 radical (unpaired) electrons. The summed E-state index contributed by atoms with van der Waals surface area (Å²) in [7, 11) is 3.76. The Kier molecular flexibility index (Phi) is 14.2. The Morgan fingerprint density at radius 1 is 1.09 bits per heavy atom. The van der Waals surface area contributed by atoms with Crippen LogP contribution in [-0.2, 0) is 38.1 Å². The minimum absolute atomic E-state index is 0.0466. The van der Waals surface area contributed by atoms with Crippen molar-refractivity contribution in [1.29, 1.82) is 0 Å². The number of rotatable bonds is 5. The topological polar surface area (TPSA) is 166 Å². The molecule has 2 N–H and O–H groups in total. The molecule has 13 nitrogen and oxygen atoms in total. The number of aliphatic hydroxyl groups is 2. The van der Waals surface area contributed by atoms with Gasteiger partial charge in [0.1, 0.15) is 35.4 Å². The highest BCUT2D eigenvalue weighted by Crippen LogP contribution is 2.41. The highest BCUT2D eigenvalue weighted by molar-refractivity contribution is 6.00. The van der Waals surface area contributed by atoms with Crippen LogP contribution in [0.3, 0.4) is 0 Å². The Hall–Kier alpha value is -3.59. The van der Waals surface area contributed by atoms with E-state index in [0.29, 0.717) is 12.1 Å². The number of ketones is 1. The molecule has 3 aliphatic heterocycles. The summed E-state index contributed by atoms with van der Waals surface area (Å²) in [4.78, 5) is 52.5. The molecule has 14 atom stereocenters. The van der Waals surface area contributed by atoms with Crippen molar-refractivity contribution in [2.75, 3.05) is 20.7 Å². The number of carbonyl (C=O) groups excluding carboxylic acids is 3. The summed E-state index contributed by atoms with van der Waals surface area (Å²) in [6.07, 6.45) is 0.392. The van der Waals surface area contributed by atoms with Crippen LogP contribution in [0.15, 0.2) is 53.9 Å². The number of pyridine rings is 1. The van der Waals surface area contributed by atoms with Gasteiger partial charge >= 0.3 is 5.97 Å². The number of nitrogens with zero attached hydrogens (tertiary/aromatic N) is 3. The lowest BCUT2D eigenvalue weighted by molar-refractivity contribution is -0.293. The number of benzene rings is 1. The highest BCUT2D eigenvalue weighted by Gasteiger charge is 2.53. The van der Waals surface area contributed by atoms with Crippen LogP contribution in [0, 0.1) is 23.7 Å². The molecule has 0 aliphatic carbocycles. The van der Waals surface area contributed by atoms with Crippen molar-refractivity contribution in [2.45, 2.75) is 142 Å².